The minimum absolute atomic E-state index is 0.190. The minimum atomic E-state index is -2.94. The molecule has 0 aromatic rings. The van der Waals surface area contributed by atoms with Gasteiger partial charge in [0.15, 0.2) is 0 Å². The van der Waals surface area contributed by atoms with Gasteiger partial charge in [-0.05, 0) is 106 Å². The van der Waals surface area contributed by atoms with Crippen LogP contribution in [0.1, 0.15) is 106 Å². The average Bonchev–Trinajstić information content (AvgIpc) is 2.73. The second-order valence-corrected chi connectivity index (χ2v) is 9.74. The second kappa shape index (κ2) is 18.6. The summed E-state index contributed by atoms with van der Waals surface area (Å²) in [5.74, 6) is -2.94. The highest BCUT2D eigenvalue weighted by atomic mass is 16.7. The second-order valence-electron chi connectivity index (χ2n) is 9.74. The molecule has 0 bridgehead atoms. The van der Waals surface area contributed by atoms with Gasteiger partial charge >= 0.3 is 5.97 Å². The average molecular weight is 475 g/mol. The lowest BCUT2D eigenvalue weighted by atomic mass is 10.0. The lowest BCUT2D eigenvalue weighted by Crippen LogP contribution is -2.31. The van der Waals surface area contributed by atoms with Crippen molar-refractivity contribution in [3.63, 3.8) is 0 Å². The molecule has 4 nitrogen and oxygen atoms in total. The summed E-state index contributed by atoms with van der Waals surface area (Å²) in [6.45, 7) is 12.4. The first-order chi connectivity index (χ1) is 16.0. The molecule has 0 fully saturated rings. The molecule has 0 unspecified atom stereocenters. The summed E-state index contributed by atoms with van der Waals surface area (Å²) in [5, 5.41) is 36.4. The van der Waals surface area contributed by atoms with Crippen molar-refractivity contribution >= 4 is 0 Å². The Bertz CT molecular complexity index is 751. The maximum atomic E-state index is 9.12. The van der Waals surface area contributed by atoms with Crippen molar-refractivity contribution in [3.8, 4) is 0 Å². The first-order valence-electron chi connectivity index (χ1n) is 12.7. The fraction of sp³-hybridized carbons (Fsp3) is 0.600. The maximum Gasteiger partial charge on any atom is 0.302 e. The molecule has 0 aliphatic carbocycles. The molecule has 0 radical (unpaired) electrons. The topological polar surface area (TPSA) is 80.9 Å². The lowest BCUT2D eigenvalue weighted by Gasteiger charge is -2.16. The Morgan fingerprint density at radius 2 is 0.824 bits per heavy atom. The van der Waals surface area contributed by atoms with E-state index in [-0.39, 0.29) is 5.57 Å². The number of allylic oxidation sites excluding steroid dienone is 11. The van der Waals surface area contributed by atoms with Crippen LogP contribution in [0.15, 0.2) is 69.9 Å². The molecule has 34 heavy (non-hydrogen) atoms. The quantitative estimate of drug-likeness (QED) is 0.102. The fourth-order valence-electron chi connectivity index (χ4n) is 3.53. The number of hydrogen-bond acceptors (Lipinski definition) is 4. The van der Waals surface area contributed by atoms with Gasteiger partial charge in [-0.3, -0.25) is 0 Å². The van der Waals surface area contributed by atoms with Crippen molar-refractivity contribution in [2.24, 2.45) is 0 Å². The highest BCUT2D eigenvalue weighted by molar-refractivity contribution is 5.11. The maximum absolute atomic E-state index is 9.12. The van der Waals surface area contributed by atoms with E-state index >= 15 is 0 Å². The zero-order valence-corrected chi connectivity index (χ0v) is 22.5. The molecule has 0 spiro atoms. The van der Waals surface area contributed by atoms with Gasteiger partial charge in [0, 0.05) is 5.57 Å². The van der Waals surface area contributed by atoms with Gasteiger partial charge in [-0.25, -0.2) is 0 Å². The third kappa shape index (κ3) is 18.7. The molecule has 0 saturated carbocycles. The Balaban J connectivity index is 4.20. The largest absolute Gasteiger partial charge is 0.392 e. The van der Waals surface area contributed by atoms with Crippen LogP contribution in [0.3, 0.4) is 0 Å². The van der Waals surface area contributed by atoms with Crippen LogP contribution in [0, 0.1) is 0 Å². The SMILES string of the molecule is CC(C)=CCC/C(C)=C/CC/C(C)=C/CC/C=C(\C)CC/C=C(\C)CCC=C(CO)C(O)(O)O. The van der Waals surface area contributed by atoms with Crippen molar-refractivity contribution in [2.75, 3.05) is 6.61 Å². The number of unbranched alkanes of at least 4 members (excludes halogenated alkanes) is 1. The van der Waals surface area contributed by atoms with Crippen molar-refractivity contribution in [1.29, 1.82) is 0 Å². The summed E-state index contributed by atoms with van der Waals surface area (Å²) in [6, 6.07) is 0. The number of rotatable bonds is 17. The van der Waals surface area contributed by atoms with E-state index in [4.69, 9.17) is 20.4 Å². The van der Waals surface area contributed by atoms with Crippen LogP contribution < -0.4 is 0 Å². The minimum Gasteiger partial charge on any atom is -0.392 e. The molecule has 0 heterocycles. The summed E-state index contributed by atoms with van der Waals surface area (Å²) < 4.78 is 0. The van der Waals surface area contributed by atoms with Crippen molar-refractivity contribution in [2.45, 2.75) is 112 Å². The van der Waals surface area contributed by atoms with Gasteiger partial charge in [-0.1, -0.05) is 64.3 Å². The molecule has 0 saturated heterocycles. The van der Waals surface area contributed by atoms with Crippen LogP contribution in [-0.4, -0.2) is 33.0 Å². The Kier molecular flexibility index (Phi) is 17.6. The zero-order chi connectivity index (χ0) is 26.0. The normalized spacial score (nSPS) is 14.6. The summed E-state index contributed by atoms with van der Waals surface area (Å²) >= 11 is 0. The summed E-state index contributed by atoms with van der Waals surface area (Å²) in [5.41, 5.74) is 6.77. The van der Waals surface area contributed by atoms with Crippen LogP contribution in [0.2, 0.25) is 0 Å². The third-order valence-electron chi connectivity index (χ3n) is 5.84. The molecule has 194 valence electrons. The Morgan fingerprint density at radius 3 is 1.15 bits per heavy atom. The van der Waals surface area contributed by atoms with Gasteiger partial charge in [0.05, 0.1) is 6.61 Å². The highest BCUT2D eigenvalue weighted by Crippen LogP contribution is 2.16. The summed E-state index contributed by atoms with van der Waals surface area (Å²) in [4.78, 5) is 0. The predicted octanol–water partition coefficient (Wildman–Crippen LogP) is 7.19. The van der Waals surface area contributed by atoms with Crippen molar-refractivity contribution in [1.82, 2.24) is 0 Å². The van der Waals surface area contributed by atoms with E-state index in [9.17, 15) is 0 Å². The first kappa shape index (κ1) is 32.3. The van der Waals surface area contributed by atoms with Crippen LogP contribution in [0.4, 0.5) is 0 Å². The lowest BCUT2D eigenvalue weighted by molar-refractivity contribution is -0.284. The van der Waals surface area contributed by atoms with Gasteiger partial charge in [-0.15, -0.1) is 0 Å². The van der Waals surface area contributed by atoms with E-state index in [0.29, 0.717) is 6.42 Å². The van der Waals surface area contributed by atoms with E-state index in [1.807, 2.05) is 6.92 Å². The summed E-state index contributed by atoms with van der Waals surface area (Å²) in [6.07, 6.45) is 23.1. The number of hydrogen-bond donors (Lipinski definition) is 4. The Labute approximate surface area is 208 Å². The van der Waals surface area contributed by atoms with Gasteiger partial charge < -0.3 is 20.4 Å². The van der Waals surface area contributed by atoms with Crippen molar-refractivity contribution in [3.05, 3.63) is 69.9 Å². The van der Waals surface area contributed by atoms with Crippen LogP contribution in [-0.2, 0) is 0 Å². The van der Waals surface area contributed by atoms with Crippen LogP contribution in [0.25, 0.3) is 0 Å². The molecule has 0 aromatic carbocycles. The van der Waals surface area contributed by atoms with E-state index in [2.05, 4.69) is 65.0 Å². The van der Waals surface area contributed by atoms with Gasteiger partial charge in [0.1, 0.15) is 0 Å². The molecule has 0 aliphatic rings. The van der Waals surface area contributed by atoms with E-state index in [1.54, 1.807) is 0 Å². The predicted molar refractivity (Wildman–Crippen MR) is 145 cm³/mol. The smallest absolute Gasteiger partial charge is 0.302 e. The molecule has 0 atom stereocenters. The molecule has 0 aliphatic heterocycles. The van der Waals surface area contributed by atoms with Gasteiger partial charge in [0.25, 0.3) is 0 Å². The first-order valence-corrected chi connectivity index (χ1v) is 12.7. The third-order valence-corrected chi connectivity index (χ3v) is 5.84. The Hall–Kier alpha value is -1.72. The number of aliphatic hydroxyl groups excluding tert-OH is 1. The standard InChI is InChI=1S/C30H50O4/c1-24(2)13-9-16-27(5)19-10-17-25(3)14-7-8-15-26(4)18-11-20-28(6)21-12-22-29(23-31)30(32,33)34/h13-15,19-20,22,31-34H,7-12,16-18,21,23H2,1-6H3/b25-14+,26-15+,27-19+,28-20+,29-22?. The molecule has 0 aromatic heterocycles. The van der Waals surface area contributed by atoms with E-state index < -0.39 is 12.6 Å². The van der Waals surface area contributed by atoms with Crippen LogP contribution >= 0.6 is 0 Å². The molecule has 4 heteroatoms. The summed E-state index contributed by atoms with van der Waals surface area (Å²) in [7, 11) is 0. The monoisotopic (exact) mass is 474 g/mol. The van der Waals surface area contributed by atoms with Crippen molar-refractivity contribution < 1.29 is 20.4 Å². The molecule has 0 rings (SSSR count). The molecule has 4 N–H and O–H groups in total. The highest BCUT2D eigenvalue weighted by Gasteiger charge is 2.23. The fourth-order valence-corrected chi connectivity index (χ4v) is 3.53. The number of aliphatic hydroxyl groups is 4. The Morgan fingerprint density at radius 1 is 0.500 bits per heavy atom. The molecular weight excluding hydrogens is 424 g/mol. The van der Waals surface area contributed by atoms with E-state index in [1.165, 1.54) is 33.9 Å². The zero-order valence-electron chi connectivity index (χ0n) is 22.5. The van der Waals surface area contributed by atoms with Crippen LogP contribution in [0.5, 0.6) is 0 Å². The molecular formula is C30H50O4. The van der Waals surface area contributed by atoms with Gasteiger partial charge in [0.2, 0.25) is 0 Å². The molecule has 0 amide bonds. The van der Waals surface area contributed by atoms with Gasteiger partial charge in [-0.2, -0.15) is 0 Å². The van der Waals surface area contributed by atoms with E-state index in [0.717, 1.165) is 57.8 Å².